The van der Waals surface area contributed by atoms with Crippen molar-refractivity contribution in [1.82, 2.24) is 15.5 Å². The van der Waals surface area contributed by atoms with Crippen LogP contribution in [0.15, 0.2) is 28.8 Å². The van der Waals surface area contributed by atoms with Crippen LogP contribution in [0.2, 0.25) is 0 Å². The van der Waals surface area contributed by atoms with Gasteiger partial charge >= 0.3 is 0 Å². The number of nitrogens with one attached hydrogen (secondary N) is 2. The highest BCUT2D eigenvalue weighted by Gasteiger charge is 2.38. The number of nitrogens with zero attached hydrogens (tertiary/aromatic N) is 2. The predicted molar refractivity (Wildman–Crippen MR) is 117 cm³/mol. The standard InChI is InChI=1S/C23H32N4O4/c1-3-15-30-19-10-8-9-18(16-19)24-20(29)11-12-21-25-22(27-31-21)23(26-17(2)28)13-6-4-5-7-14-23/h8-10,16H,3-7,11-15H2,1-2H3,(H,24,29)(H,26,28). The summed E-state index contributed by atoms with van der Waals surface area (Å²) in [5.74, 6) is 1.41. The summed E-state index contributed by atoms with van der Waals surface area (Å²) in [5, 5.41) is 10.1. The van der Waals surface area contributed by atoms with Gasteiger partial charge in [0.1, 0.15) is 11.3 Å². The van der Waals surface area contributed by atoms with Gasteiger partial charge in [-0.05, 0) is 31.4 Å². The second-order valence-corrected chi connectivity index (χ2v) is 8.11. The van der Waals surface area contributed by atoms with Crippen molar-refractivity contribution in [3.63, 3.8) is 0 Å². The van der Waals surface area contributed by atoms with Crippen LogP contribution in [-0.2, 0) is 21.5 Å². The maximum atomic E-state index is 12.4. The van der Waals surface area contributed by atoms with E-state index in [1.54, 1.807) is 0 Å². The highest BCUT2D eigenvalue weighted by atomic mass is 16.5. The summed E-state index contributed by atoms with van der Waals surface area (Å²) in [6.07, 6.45) is 7.35. The molecule has 8 nitrogen and oxygen atoms in total. The van der Waals surface area contributed by atoms with Gasteiger partial charge in [0.05, 0.1) is 6.61 Å². The van der Waals surface area contributed by atoms with Gasteiger partial charge in [-0.2, -0.15) is 4.98 Å². The number of hydrogen-bond acceptors (Lipinski definition) is 6. The molecule has 1 saturated carbocycles. The van der Waals surface area contributed by atoms with Crippen LogP contribution in [0.25, 0.3) is 0 Å². The van der Waals surface area contributed by atoms with Gasteiger partial charge in [-0.3, -0.25) is 9.59 Å². The molecule has 31 heavy (non-hydrogen) atoms. The number of benzene rings is 1. The summed E-state index contributed by atoms with van der Waals surface area (Å²) in [6, 6.07) is 7.34. The van der Waals surface area contributed by atoms with Gasteiger partial charge < -0.3 is 19.9 Å². The molecule has 0 radical (unpaired) electrons. The lowest BCUT2D eigenvalue weighted by Gasteiger charge is -2.30. The molecule has 3 rings (SSSR count). The molecular formula is C23H32N4O4. The van der Waals surface area contributed by atoms with Gasteiger partial charge in [0, 0.05) is 31.5 Å². The summed E-state index contributed by atoms with van der Waals surface area (Å²) in [4.78, 5) is 28.7. The van der Waals surface area contributed by atoms with Gasteiger partial charge in [0.15, 0.2) is 5.82 Å². The van der Waals surface area contributed by atoms with Crippen molar-refractivity contribution in [3.8, 4) is 5.75 Å². The smallest absolute Gasteiger partial charge is 0.227 e. The molecule has 2 N–H and O–H groups in total. The molecule has 0 aliphatic heterocycles. The maximum absolute atomic E-state index is 12.4. The van der Waals surface area contributed by atoms with Crippen LogP contribution >= 0.6 is 0 Å². The highest BCUT2D eigenvalue weighted by Crippen LogP contribution is 2.34. The number of anilines is 1. The molecular weight excluding hydrogens is 396 g/mol. The van der Waals surface area contributed by atoms with Crippen molar-refractivity contribution in [2.75, 3.05) is 11.9 Å². The van der Waals surface area contributed by atoms with Crippen molar-refractivity contribution >= 4 is 17.5 Å². The minimum atomic E-state index is -0.578. The number of rotatable bonds is 9. The molecule has 0 saturated heterocycles. The van der Waals surface area contributed by atoms with Gasteiger partial charge in [-0.1, -0.05) is 43.8 Å². The summed E-state index contributed by atoms with van der Waals surface area (Å²) in [6.45, 7) is 4.19. The van der Waals surface area contributed by atoms with Crippen molar-refractivity contribution in [2.24, 2.45) is 0 Å². The van der Waals surface area contributed by atoms with Gasteiger partial charge in [0.2, 0.25) is 17.7 Å². The minimum Gasteiger partial charge on any atom is -0.494 e. The fraction of sp³-hybridized carbons (Fsp3) is 0.565. The molecule has 0 atom stereocenters. The average Bonchev–Trinajstić information content (AvgIpc) is 3.11. The third-order valence-corrected chi connectivity index (χ3v) is 5.43. The Morgan fingerprint density at radius 2 is 1.97 bits per heavy atom. The third-order valence-electron chi connectivity index (χ3n) is 5.43. The first-order chi connectivity index (χ1) is 15.0. The second kappa shape index (κ2) is 10.9. The van der Waals surface area contributed by atoms with E-state index in [-0.39, 0.29) is 18.2 Å². The maximum Gasteiger partial charge on any atom is 0.227 e. The molecule has 1 aliphatic rings. The van der Waals surface area contributed by atoms with Crippen molar-refractivity contribution in [2.45, 2.75) is 77.2 Å². The minimum absolute atomic E-state index is 0.0993. The van der Waals surface area contributed by atoms with E-state index in [1.165, 1.54) is 6.92 Å². The first kappa shape index (κ1) is 22.8. The summed E-state index contributed by atoms with van der Waals surface area (Å²) >= 11 is 0. The Bertz CT molecular complexity index is 872. The molecule has 0 spiro atoms. The molecule has 2 aromatic rings. The summed E-state index contributed by atoms with van der Waals surface area (Å²) in [5.41, 5.74) is 0.110. The SMILES string of the molecule is CCCOc1cccc(NC(=O)CCc2nc(C3(NC(C)=O)CCCCCC3)no2)c1. The van der Waals surface area contributed by atoms with E-state index in [0.29, 0.717) is 30.4 Å². The van der Waals surface area contributed by atoms with Crippen LogP contribution in [0.3, 0.4) is 0 Å². The third kappa shape index (κ3) is 6.54. The largest absolute Gasteiger partial charge is 0.494 e. The lowest BCUT2D eigenvalue weighted by Crippen LogP contribution is -2.45. The zero-order chi connectivity index (χ0) is 22.1. The topological polar surface area (TPSA) is 106 Å². The van der Waals surface area contributed by atoms with Crippen molar-refractivity contribution < 1.29 is 18.8 Å². The quantitative estimate of drug-likeness (QED) is 0.582. The van der Waals surface area contributed by atoms with Crippen LogP contribution in [0, 0.1) is 0 Å². The van der Waals surface area contributed by atoms with Gasteiger partial charge in [-0.25, -0.2) is 0 Å². The van der Waals surface area contributed by atoms with Crippen molar-refractivity contribution in [1.29, 1.82) is 0 Å². The number of aromatic nitrogens is 2. The van der Waals surface area contributed by atoms with Crippen LogP contribution in [0.1, 0.15) is 76.9 Å². The number of ether oxygens (including phenoxy) is 1. The first-order valence-corrected chi connectivity index (χ1v) is 11.2. The van der Waals surface area contributed by atoms with E-state index in [2.05, 4.69) is 20.8 Å². The molecule has 2 amide bonds. The number of carbonyl (C=O) groups is 2. The van der Waals surface area contributed by atoms with E-state index in [9.17, 15) is 9.59 Å². The molecule has 8 heteroatoms. The average molecular weight is 429 g/mol. The Morgan fingerprint density at radius 3 is 2.68 bits per heavy atom. The fourth-order valence-electron chi connectivity index (χ4n) is 3.95. The zero-order valence-corrected chi connectivity index (χ0v) is 18.4. The zero-order valence-electron chi connectivity index (χ0n) is 18.4. The Hall–Kier alpha value is -2.90. The molecule has 1 heterocycles. The summed E-state index contributed by atoms with van der Waals surface area (Å²) < 4.78 is 11.0. The highest BCUT2D eigenvalue weighted by molar-refractivity contribution is 5.90. The fourth-order valence-corrected chi connectivity index (χ4v) is 3.95. The Balaban J connectivity index is 1.59. The number of hydrogen-bond donors (Lipinski definition) is 2. The van der Waals surface area contributed by atoms with Gasteiger partial charge in [-0.15, -0.1) is 0 Å². The monoisotopic (exact) mass is 428 g/mol. The normalized spacial score (nSPS) is 15.7. The van der Waals surface area contributed by atoms with E-state index >= 15 is 0 Å². The molecule has 1 aromatic carbocycles. The Labute approximate surface area is 183 Å². The first-order valence-electron chi connectivity index (χ1n) is 11.2. The van der Waals surface area contributed by atoms with E-state index in [0.717, 1.165) is 50.7 Å². The lowest BCUT2D eigenvalue weighted by atomic mass is 9.89. The van der Waals surface area contributed by atoms with Crippen molar-refractivity contribution in [3.05, 3.63) is 36.0 Å². The molecule has 168 valence electrons. The second-order valence-electron chi connectivity index (χ2n) is 8.11. The van der Waals surface area contributed by atoms with Crippen LogP contribution in [-0.4, -0.2) is 28.6 Å². The lowest BCUT2D eigenvalue weighted by molar-refractivity contribution is -0.121. The van der Waals surface area contributed by atoms with Crippen LogP contribution < -0.4 is 15.4 Å². The molecule has 0 bridgehead atoms. The predicted octanol–water partition coefficient (Wildman–Crippen LogP) is 4.12. The van der Waals surface area contributed by atoms with Gasteiger partial charge in [0.25, 0.3) is 0 Å². The summed E-state index contributed by atoms with van der Waals surface area (Å²) in [7, 11) is 0. The van der Waals surface area contributed by atoms with E-state index in [1.807, 2.05) is 31.2 Å². The van der Waals surface area contributed by atoms with E-state index < -0.39 is 5.54 Å². The number of carbonyl (C=O) groups excluding carboxylic acids is 2. The number of aryl methyl sites for hydroxylation is 1. The Kier molecular flexibility index (Phi) is 8.03. The van der Waals surface area contributed by atoms with Crippen LogP contribution in [0.5, 0.6) is 5.75 Å². The molecule has 1 fully saturated rings. The molecule has 1 aromatic heterocycles. The van der Waals surface area contributed by atoms with E-state index in [4.69, 9.17) is 9.26 Å². The number of amides is 2. The molecule has 1 aliphatic carbocycles. The molecule has 0 unspecified atom stereocenters. The van der Waals surface area contributed by atoms with Crippen LogP contribution in [0.4, 0.5) is 5.69 Å². The Morgan fingerprint density at radius 1 is 1.19 bits per heavy atom.